The summed E-state index contributed by atoms with van der Waals surface area (Å²) in [5, 5.41) is 9.65. The molecular formula is C17H18N4O2S. The topological polar surface area (TPSA) is 71.3 Å². The minimum absolute atomic E-state index is 0.193. The number of anilines is 1. The van der Waals surface area contributed by atoms with E-state index in [1.54, 1.807) is 28.5 Å². The summed E-state index contributed by atoms with van der Waals surface area (Å²) < 4.78 is 5.29. The first-order valence-electron chi connectivity index (χ1n) is 7.72. The van der Waals surface area contributed by atoms with Gasteiger partial charge in [0.2, 0.25) is 0 Å². The number of amides is 2. The molecule has 0 aliphatic carbocycles. The summed E-state index contributed by atoms with van der Waals surface area (Å²) in [5.41, 5.74) is 0.918. The van der Waals surface area contributed by atoms with Crippen LogP contribution in [-0.2, 0) is 6.42 Å². The van der Waals surface area contributed by atoms with Gasteiger partial charge < -0.3 is 9.42 Å². The van der Waals surface area contributed by atoms with Gasteiger partial charge in [0.25, 0.3) is 0 Å². The molecule has 0 radical (unpaired) electrons. The molecule has 2 heterocycles. The molecule has 0 fully saturated rings. The maximum Gasteiger partial charge on any atom is 0.323 e. The lowest BCUT2D eigenvalue weighted by Gasteiger charge is -2.19. The molecule has 1 N–H and O–H groups in total. The van der Waals surface area contributed by atoms with E-state index < -0.39 is 0 Å². The van der Waals surface area contributed by atoms with Gasteiger partial charge in [-0.05, 0) is 6.92 Å². The van der Waals surface area contributed by atoms with Gasteiger partial charge in [-0.2, -0.15) is 0 Å². The van der Waals surface area contributed by atoms with E-state index in [2.05, 4.69) is 15.5 Å². The van der Waals surface area contributed by atoms with Crippen molar-refractivity contribution in [1.29, 1.82) is 0 Å². The van der Waals surface area contributed by atoms with Gasteiger partial charge in [-0.15, -0.1) is 11.3 Å². The van der Waals surface area contributed by atoms with Crippen LogP contribution in [0.15, 0.2) is 52.5 Å². The standard InChI is InChI=1S/C17H18N4O2S/c1-2-21(10-8-16-18-9-11-24-16)17(22)19-15-12-14(23-20-15)13-6-4-3-5-7-13/h3-7,9,11-12H,2,8,10H2,1H3,(H,19,20,22). The first-order chi connectivity index (χ1) is 11.8. The molecule has 0 unspecified atom stereocenters. The lowest BCUT2D eigenvalue weighted by atomic mass is 10.2. The maximum atomic E-state index is 12.4. The highest BCUT2D eigenvalue weighted by molar-refractivity contribution is 7.09. The second-order valence-corrected chi connectivity index (χ2v) is 6.11. The predicted molar refractivity (Wildman–Crippen MR) is 94.0 cm³/mol. The minimum atomic E-state index is -0.193. The molecule has 24 heavy (non-hydrogen) atoms. The van der Waals surface area contributed by atoms with Crippen LogP contribution in [0.4, 0.5) is 10.6 Å². The van der Waals surface area contributed by atoms with Gasteiger partial charge in [0.05, 0.1) is 5.01 Å². The molecule has 0 aliphatic rings. The third-order valence-electron chi connectivity index (χ3n) is 3.55. The zero-order valence-corrected chi connectivity index (χ0v) is 14.1. The Morgan fingerprint density at radius 1 is 1.33 bits per heavy atom. The number of hydrogen-bond donors (Lipinski definition) is 1. The van der Waals surface area contributed by atoms with Crippen molar-refractivity contribution < 1.29 is 9.32 Å². The number of benzene rings is 1. The summed E-state index contributed by atoms with van der Waals surface area (Å²) >= 11 is 1.60. The molecule has 6 nitrogen and oxygen atoms in total. The number of nitrogens with one attached hydrogen (secondary N) is 1. The van der Waals surface area contributed by atoms with E-state index in [0.29, 0.717) is 24.7 Å². The first kappa shape index (κ1) is 16.2. The number of urea groups is 1. The Morgan fingerprint density at radius 3 is 2.88 bits per heavy atom. The van der Waals surface area contributed by atoms with Crippen molar-refractivity contribution in [3.05, 3.63) is 53.0 Å². The average Bonchev–Trinajstić information content (AvgIpc) is 3.28. The molecule has 2 amide bonds. The molecule has 3 rings (SSSR count). The number of thiazole rings is 1. The maximum absolute atomic E-state index is 12.4. The number of carbonyl (C=O) groups is 1. The molecule has 7 heteroatoms. The van der Waals surface area contributed by atoms with Crippen molar-refractivity contribution in [1.82, 2.24) is 15.0 Å². The highest BCUT2D eigenvalue weighted by Gasteiger charge is 2.15. The van der Waals surface area contributed by atoms with Crippen molar-refractivity contribution >= 4 is 23.2 Å². The van der Waals surface area contributed by atoms with Crippen LogP contribution >= 0.6 is 11.3 Å². The first-order valence-corrected chi connectivity index (χ1v) is 8.60. The fourth-order valence-corrected chi connectivity index (χ4v) is 2.88. The Bertz CT molecular complexity index is 771. The smallest absolute Gasteiger partial charge is 0.323 e. The van der Waals surface area contributed by atoms with Gasteiger partial charge in [0.15, 0.2) is 11.6 Å². The van der Waals surface area contributed by atoms with Gasteiger partial charge in [-0.25, -0.2) is 9.78 Å². The Morgan fingerprint density at radius 2 is 2.17 bits per heavy atom. The Hall–Kier alpha value is -2.67. The molecule has 0 bridgehead atoms. The van der Waals surface area contributed by atoms with Gasteiger partial charge in [-0.1, -0.05) is 35.5 Å². The van der Waals surface area contributed by atoms with E-state index in [0.717, 1.165) is 17.0 Å². The van der Waals surface area contributed by atoms with E-state index in [4.69, 9.17) is 4.52 Å². The summed E-state index contributed by atoms with van der Waals surface area (Å²) in [4.78, 5) is 18.3. The SMILES string of the molecule is CCN(CCc1nccs1)C(=O)Nc1cc(-c2ccccc2)on1. The summed E-state index contributed by atoms with van der Waals surface area (Å²) in [7, 11) is 0. The fourth-order valence-electron chi connectivity index (χ4n) is 2.27. The van der Waals surface area contributed by atoms with Crippen molar-refractivity contribution in [2.45, 2.75) is 13.3 Å². The summed E-state index contributed by atoms with van der Waals surface area (Å²) in [6.07, 6.45) is 2.52. The Labute approximate surface area is 144 Å². The summed E-state index contributed by atoms with van der Waals surface area (Å²) in [6.45, 7) is 3.17. The van der Waals surface area contributed by atoms with Crippen LogP contribution in [0.3, 0.4) is 0 Å². The van der Waals surface area contributed by atoms with Crippen molar-refractivity contribution in [2.75, 3.05) is 18.4 Å². The van der Waals surface area contributed by atoms with E-state index in [1.807, 2.05) is 42.6 Å². The molecule has 0 saturated heterocycles. The molecule has 0 spiro atoms. The average molecular weight is 342 g/mol. The summed E-state index contributed by atoms with van der Waals surface area (Å²) in [6, 6.07) is 11.2. The van der Waals surface area contributed by atoms with Gasteiger partial charge in [-0.3, -0.25) is 5.32 Å². The molecule has 0 atom stereocenters. The Balaban J connectivity index is 1.60. The quantitative estimate of drug-likeness (QED) is 0.737. The van der Waals surface area contributed by atoms with Crippen LogP contribution in [0.1, 0.15) is 11.9 Å². The molecule has 2 aromatic heterocycles. The van der Waals surface area contributed by atoms with Crippen molar-refractivity contribution in [2.24, 2.45) is 0 Å². The molecule has 0 aliphatic heterocycles. The van der Waals surface area contributed by atoms with Crippen molar-refractivity contribution in [3.8, 4) is 11.3 Å². The van der Waals surface area contributed by atoms with Crippen LogP contribution in [0.5, 0.6) is 0 Å². The highest BCUT2D eigenvalue weighted by Crippen LogP contribution is 2.22. The molecular weight excluding hydrogens is 324 g/mol. The van der Waals surface area contributed by atoms with Crippen LogP contribution in [0.25, 0.3) is 11.3 Å². The van der Waals surface area contributed by atoms with E-state index >= 15 is 0 Å². The lowest BCUT2D eigenvalue weighted by Crippen LogP contribution is -2.36. The number of aromatic nitrogens is 2. The van der Waals surface area contributed by atoms with Crippen LogP contribution in [0.2, 0.25) is 0 Å². The van der Waals surface area contributed by atoms with Crippen LogP contribution in [-0.4, -0.2) is 34.2 Å². The second-order valence-electron chi connectivity index (χ2n) is 5.13. The third kappa shape index (κ3) is 3.99. The summed E-state index contributed by atoms with van der Waals surface area (Å²) in [5.74, 6) is 1.03. The highest BCUT2D eigenvalue weighted by atomic mass is 32.1. The third-order valence-corrected chi connectivity index (χ3v) is 4.39. The fraction of sp³-hybridized carbons (Fsp3) is 0.235. The molecule has 124 valence electrons. The normalized spacial score (nSPS) is 10.5. The number of carbonyl (C=O) groups excluding carboxylic acids is 1. The Kier molecular flexibility index (Phi) is 5.22. The number of rotatable bonds is 6. The van der Waals surface area contributed by atoms with Gasteiger partial charge in [0.1, 0.15) is 0 Å². The van der Waals surface area contributed by atoms with E-state index in [1.165, 1.54) is 0 Å². The monoisotopic (exact) mass is 342 g/mol. The van der Waals surface area contributed by atoms with Crippen LogP contribution in [0, 0.1) is 0 Å². The lowest BCUT2D eigenvalue weighted by molar-refractivity contribution is 0.215. The second kappa shape index (κ2) is 7.74. The van der Waals surface area contributed by atoms with Crippen molar-refractivity contribution in [3.63, 3.8) is 0 Å². The van der Waals surface area contributed by atoms with Crippen LogP contribution < -0.4 is 5.32 Å². The number of hydrogen-bond acceptors (Lipinski definition) is 5. The molecule has 3 aromatic rings. The molecule has 1 aromatic carbocycles. The zero-order valence-electron chi connectivity index (χ0n) is 13.3. The zero-order chi connectivity index (χ0) is 16.8. The minimum Gasteiger partial charge on any atom is -0.354 e. The van der Waals surface area contributed by atoms with Gasteiger partial charge >= 0.3 is 6.03 Å². The number of nitrogens with zero attached hydrogens (tertiary/aromatic N) is 3. The largest absolute Gasteiger partial charge is 0.354 e. The molecule has 0 saturated carbocycles. The van der Waals surface area contributed by atoms with E-state index in [-0.39, 0.29) is 6.03 Å². The van der Waals surface area contributed by atoms with Gasteiger partial charge in [0, 0.05) is 42.7 Å². The number of likely N-dealkylation sites (N-methyl/N-ethyl adjacent to an activating group) is 1. The predicted octanol–water partition coefficient (Wildman–Crippen LogP) is 3.89. The van der Waals surface area contributed by atoms with E-state index in [9.17, 15) is 4.79 Å².